The zero-order chi connectivity index (χ0) is 16.8. The molecule has 0 fully saturated rings. The quantitative estimate of drug-likeness (QED) is 0.716. The molecule has 118 valence electrons. The monoisotopic (exact) mass is 329 g/mol. The normalized spacial score (nSPS) is 11.8. The van der Waals surface area contributed by atoms with Crippen molar-refractivity contribution in [3.63, 3.8) is 0 Å². The molecule has 3 aromatic rings. The summed E-state index contributed by atoms with van der Waals surface area (Å²) in [6, 6.07) is 1.53. The first kappa shape index (κ1) is 15.4. The average molecular weight is 329 g/mol. The summed E-state index contributed by atoms with van der Waals surface area (Å²) in [5.74, 6) is -1.05. The minimum Gasteiger partial charge on any atom is -0.478 e. The summed E-state index contributed by atoms with van der Waals surface area (Å²) >= 11 is 1.28. The number of thiophene rings is 1. The molecule has 0 aromatic carbocycles. The van der Waals surface area contributed by atoms with Gasteiger partial charge in [0.05, 0.1) is 22.2 Å². The topological polar surface area (TPSA) is 95.9 Å². The van der Waals surface area contributed by atoms with Crippen LogP contribution in [0.25, 0.3) is 21.7 Å². The summed E-state index contributed by atoms with van der Waals surface area (Å²) < 4.78 is 0. The molecule has 0 saturated carbocycles. The Labute approximate surface area is 136 Å². The summed E-state index contributed by atoms with van der Waals surface area (Å²) in [4.78, 5) is 36.0. The summed E-state index contributed by atoms with van der Waals surface area (Å²) in [6.45, 7) is 5.52. The van der Waals surface area contributed by atoms with Crippen molar-refractivity contribution in [1.82, 2.24) is 15.0 Å². The molecule has 0 aliphatic carbocycles. The van der Waals surface area contributed by atoms with Crippen molar-refractivity contribution in [2.75, 3.05) is 0 Å². The van der Waals surface area contributed by atoms with E-state index in [1.54, 1.807) is 11.6 Å². The predicted octanol–water partition coefficient (Wildman–Crippen LogP) is 3.61. The number of carbonyl (C=O) groups is 2. The SMILES string of the molecule is CC(C)(C)C(=O)c1c[nH]c2ncc(-c3sccc3C(=O)O)nc12. The van der Waals surface area contributed by atoms with E-state index in [1.807, 2.05) is 20.8 Å². The number of aromatic carboxylic acids is 1. The molecular weight excluding hydrogens is 314 g/mol. The van der Waals surface area contributed by atoms with E-state index < -0.39 is 11.4 Å². The van der Waals surface area contributed by atoms with Gasteiger partial charge < -0.3 is 10.1 Å². The van der Waals surface area contributed by atoms with Gasteiger partial charge in [-0.3, -0.25) is 4.79 Å². The number of aromatic nitrogens is 3. The Kier molecular flexibility index (Phi) is 3.52. The number of hydrogen-bond acceptors (Lipinski definition) is 5. The molecule has 0 aliphatic heterocycles. The van der Waals surface area contributed by atoms with Gasteiger partial charge in [0.2, 0.25) is 0 Å². The Hall–Kier alpha value is -2.54. The number of fused-ring (bicyclic) bond motifs is 1. The van der Waals surface area contributed by atoms with Gasteiger partial charge in [-0.15, -0.1) is 11.3 Å². The van der Waals surface area contributed by atoms with Gasteiger partial charge in [-0.05, 0) is 11.4 Å². The van der Waals surface area contributed by atoms with Gasteiger partial charge in [0.15, 0.2) is 11.4 Å². The lowest BCUT2D eigenvalue weighted by Crippen LogP contribution is -2.20. The largest absolute Gasteiger partial charge is 0.478 e. The van der Waals surface area contributed by atoms with Gasteiger partial charge in [0, 0.05) is 11.6 Å². The van der Waals surface area contributed by atoms with Crippen molar-refractivity contribution in [2.24, 2.45) is 5.41 Å². The van der Waals surface area contributed by atoms with Crippen molar-refractivity contribution >= 4 is 34.3 Å². The van der Waals surface area contributed by atoms with E-state index in [1.165, 1.54) is 23.6 Å². The fraction of sp³-hybridized carbons (Fsp3) is 0.250. The van der Waals surface area contributed by atoms with E-state index >= 15 is 0 Å². The number of Topliss-reactive ketones (excluding diaryl/α,β-unsaturated/α-hetero) is 1. The first-order valence-electron chi connectivity index (χ1n) is 6.99. The summed E-state index contributed by atoms with van der Waals surface area (Å²) in [7, 11) is 0. The van der Waals surface area contributed by atoms with E-state index in [0.717, 1.165) is 0 Å². The number of aromatic amines is 1. The van der Waals surface area contributed by atoms with Crippen molar-refractivity contribution < 1.29 is 14.7 Å². The van der Waals surface area contributed by atoms with Crippen molar-refractivity contribution in [1.29, 1.82) is 0 Å². The number of carbonyl (C=O) groups excluding carboxylic acids is 1. The molecule has 0 aliphatic rings. The first-order chi connectivity index (χ1) is 10.8. The number of H-pyrrole nitrogens is 1. The third-order valence-corrected chi connectivity index (χ3v) is 4.37. The minimum absolute atomic E-state index is 0.0418. The lowest BCUT2D eigenvalue weighted by Gasteiger charge is -2.15. The van der Waals surface area contributed by atoms with Crippen LogP contribution >= 0.6 is 11.3 Å². The number of nitrogens with zero attached hydrogens (tertiary/aromatic N) is 2. The maximum Gasteiger partial charge on any atom is 0.337 e. The van der Waals surface area contributed by atoms with E-state index in [-0.39, 0.29) is 11.3 Å². The standard InChI is InChI=1S/C16H15N3O3S/c1-16(2,3)13(20)9-6-17-14-11(9)19-10(7-18-14)12-8(15(21)22)4-5-23-12/h4-7H,1-3H3,(H,17,18)(H,21,22). The molecule has 7 heteroatoms. The van der Waals surface area contributed by atoms with E-state index in [4.69, 9.17) is 0 Å². The van der Waals surface area contributed by atoms with Crippen LogP contribution in [0.1, 0.15) is 41.5 Å². The van der Waals surface area contributed by atoms with E-state index in [0.29, 0.717) is 27.3 Å². The Morgan fingerprint density at radius 1 is 1.26 bits per heavy atom. The molecule has 23 heavy (non-hydrogen) atoms. The Balaban J connectivity index is 2.17. The Morgan fingerprint density at radius 2 is 2.00 bits per heavy atom. The number of hydrogen-bond donors (Lipinski definition) is 2. The molecule has 3 rings (SSSR count). The van der Waals surface area contributed by atoms with Gasteiger partial charge in [-0.2, -0.15) is 0 Å². The second-order valence-electron chi connectivity index (χ2n) is 6.20. The molecule has 0 unspecified atom stereocenters. The highest BCUT2D eigenvalue weighted by molar-refractivity contribution is 7.14. The van der Waals surface area contributed by atoms with Crippen LogP contribution < -0.4 is 0 Å². The molecule has 2 N–H and O–H groups in total. The predicted molar refractivity (Wildman–Crippen MR) is 87.9 cm³/mol. The maximum absolute atomic E-state index is 12.5. The van der Waals surface area contributed by atoms with E-state index in [9.17, 15) is 14.7 Å². The number of carboxylic acids is 1. The van der Waals surface area contributed by atoms with Crippen LogP contribution in [0, 0.1) is 5.41 Å². The molecule has 3 aromatic heterocycles. The van der Waals surface area contributed by atoms with Crippen LogP contribution in [0.4, 0.5) is 0 Å². The fourth-order valence-electron chi connectivity index (χ4n) is 2.25. The van der Waals surface area contributed by atoms with Crippen molar-refractivity contribution in [2.45, 2.75) is 20.8 Å². The summed E-state index contributed by atoms with van der Waals surface area (Å²) in [6.07, 6.45) is 3.12. The van der Waals surface area contributed by atoms with Crippen LogP contribution in [0.15, 0.2) is 23.8 Å². The molecule has 0 bridgehead atoms. The van der Waals surface area contributed by atoms with Gasteiger partial charge in [0.1, 0.15) is 11.2 Å². The van der Waals surface area contributed by atoms with Gasteiger partial charge in [-0.1, -0.05) is 20.8 Å². The van der Waals surface area contributed by atoms with Gasteiger partial charge >= 0.3 is 5.97 Å². The highest BCUT2D eigenvalue weighted by atomic mass is 32.1. The molecule has 0 spiro atoms. The van der Waals surface area contributed by atoms with E-state index in [2.05, 4.69) is 15.0 Å². The summed E-state index contributed by atoms with van der Waals surface area (Å²) in [5, 5.41) is 10.9. The van der Waals surface area contributed by atoms with Crippen molar-refractivity contribution in [3.05, 3.63) is 35.0 Å². The third-order valence-electron chi connectivity index (χ3n) is 3.43. The number of rotatable bonds is 3. The average Bonchev–Trinajstić information content (AvgIpc) is 3.11. The Bertz CT molecular complexity index is 918. The minimum atomic E-state index is -1.01. The van der Waals surface area contributed by atoms with Gasteiger partial charge in [0.25, 0.3) is 0 Å². The van der Waals surface area contributed by atoms with Crippen molar-refractivity contribution in [3.8, 4) is 10.6 Å². The number of nitrogens with one attached hydrogen (secondary N) is 1. The first-order valence-corrected chi connectivity index (χ1v) is 7.87. The molecule has 6 nitrogen and oxygen atoms in total. The number of ketones is 1. The Morgan fingerprint density at radius 3 is 2.65 bits per heavy atom. The number of carboxylic acid groups (broad SMARTS) is 1. The molecular formula is C16H15N3O3S. The van der Waals surface area contributed by atoms with Gasteiger partial charge in [-0.25, -0.2) is 14.8 Å². The lowest BCUT2D eigenvalue weighted by molar-refractivity contribution is 0.0698. The molecule has 0 amide bonds. The zero-order valence-corrected chi connectivity index (χ0v) is 13.7. The molecule has 3 heterocycles. The van der Waals surface area contributed by atoms with Crippen LogP contribution in [0.5, 0.6) is 0 Å². The smallest absolute Gasteiger partial charge is 0.337 e. The molecule has 0 radical (unpaired) electrons. The fourth-order valence-corrected chi connectivity index (χ4v) is 3.10. The second-order valence-corrected chi connectivity index (χ2v) is 7.12. The van der Waals surface area contributed by atoms with Crippen LogP contribution in [0.2, 0.25) is 0 Å². The van der Waals surface area contributed by atoms with Crippen LogP contribution in [-0.2, 0) is 0 Å². The maximum atomic E-state index is 12.5. The van der Waals surface area contributed by atoms with Crippen LogP contribution in [-0.4, -0.2) is 31.8 Å². The highest BCUT2D eigenvalue weighted by Crippen LogP contribution is 2.30. The molecule has 0 atom stereocenters. The highest BCUT2D eigenvalue weighted by Gasteiger charge is 2.26. The van der Waals surface area contributed by atoms with Crippen LogP contribution in [0.3, 0.4) is 0 Å². The second kappa shape index (κ2) is 5.27. The zero-order valence-electron chi connectivity index (χ0n) is 12.9. The summed E-state index contributed by atoms with van der Waals surface area (Å²) in [5.41, 5.74) is 1.54. The molecule has 0 saturated heterocycles. The lowest BCUT2D eigenvalue weighted by atomic mass is 9.87. The third kappa shape index (κ3) is 2.63.